The van der Waals surface area contributed by atoms with Gasteiger partial charge in [-0.15, -0.1) is 0 Å². The topological polar surface area (TPSA) is 12.5 Å². The van der Waals surface area contributed by atoms with E-state index >= 15 is 0 Å². The number of rotatable bonds is 8. The van der Waals surface area contributed by atoms with Gasteiger partial charge in [0.25, 0.3) is 0 Å². The van der Waals surface area contributed by atoms with Gasteiger partial charge in [-0.2, -0.15) is 0 Å². The molecule has 0 spiro atoms. The van der Waals surface area contributed by atoms with Crippen molar-refractivity contribution in [3.8, 4) is 11.5 Å². The predicted octanol–water partition coefficient (Wildman–Crippen LogP) is 5.45. The molecule has 0 aromatic heterocycles. The number of halogens is 1. The molecule has 0 N–H and O–H groups in total. The van der Waals surface area contributed by atoms with E-state index in [1.54, 1.807) is 12.1 Å². The maximum Gasteiger partial charge on any atom is 0.130 e. The van der Waals surface area contributed by atoms with Crippen LogP contribution in [0.2, 0.25) is 0 Å². The number of hydrogen-bond acceptors (Lipinski definition) is 2. The Morgan fingerprint density at radius 1 is 1.00 bits per heavy atom. The molecule has 2 rings (SSSR count). The largest absolute Gasteiger partial charge is 0.457 e. The van der Waals surface area contributed by atoms with Gasteiger partial charge in [0.2, 0.25) is 0 Å². The molecule has 23 heavy (non-hydrogen) atoms. The Balaban J connectivity index is 2.08. The fourth-order valence-corrected chi connectivity index (χ4v) is 2.68. The Morgan fingerprint density at radius 2 is 1.65 bits per heavy atom. The van der Waals surface area contributed by atoms with Crippen molar-refractivity contribution in [2.45, 2.75) is 33.1 Å². The average molecular weight is 315 g/mol. The van der Waals surface area contributed by atoms with Gasteiger partial charge in [-0.3, -0.25) is 0 Å². The lowest BCUT2D eigenvalue weighted by atomic mass is 9.96. The maximum absolute atomic E-state index is 13.0. The molecular formula is C20H26FNO. The summed E-state index contributed by atoms with van der Waals surface area (Å²) in [5.41, 5.74) is 1.20. The molecule has 0 bridgehead atoms. The third-order valence-electron chi connectivity index (χ3n) is 4.26. The molecule has 124 valence electrons. The maximum atomic E-state index is 13.0. The highest BCUT2D eigenvalue weighted by Crippen LogP contribution is 2.32. The van der Waals surface area contributed by atoms with Crippen LogP contribution in [0, 0.1) is 5.82 Å². The Hall–Kier alpha value is -1.87. The van der Waals surface area contributed by atoms with Gasteiger partial charge in [-0.05, 0) is 67.9 Å². The molecule has 0 aliphatic carbocycles. The lowest BCUT2D eigenvalue weighted by molar-refractivity contribution is 0.291. The van der Waals surface area contributed by atoms with Crippen LogP contribution in [0.15, 0.2) is 48.5 Å². The smallest absolute Gasteiger partial charge is 0.130 e. The summed E-state index contributed by atoms with van der Waals surface area (Å²) in [7, 11) is 0. The van der Waals surface area contributed by atoms with Crippen LogP contribution in [0.25, 0.3) is 0 Å². The molecule has 0 aliphatic rings. The molecule has 0 amide bonds. The summed E-state index contributed by atoms with van der Waals surface area (Å²) >= 11 is 0. The van der Waals surface area contributed by atoms with Gasteiger partial charge in [0.05, 0.1) is 0 Å². The lowest BCUT2D eigenvalue weighted by Crippen LogP contribution is -2.25. The highest BCUT2D eigenvalue weighted by atomic mass is 19.1. The lowest BCUT2D eigenvalue weighted by Gasteiger charge is -2.22. The van der Waals surface area contributed by atoms with Gasteiger partial charge < -0.3 is 9.64 Å². The average Bonchev–Trinajstić information content (AvgIpc) is 2.58. The molecule has 3 heteroatoms. The molecule has 0 heterocycles. The number of nitrogens with zero attached hydrogens (tertiary/aromatic N) is 1. The number of para-hydroxylation sites is 1. The van der Waals surface area contributed by atoms with E-state index in [0.717, 1.165) is 31.8 Å². The van der Waals surface area contributed by atoms with Crippen LogP contribution < -0.4 is 4.74 Å². The molecule has 2 nitrogen and oxygen atoms in total. The van der Waals surface area contributed by atoms with Gasteiger partial charge in [-0.25, -0.2) is 4.39 Å². The van der Waals surface area contributed by atoms with Gasteiger partial charge >= 0.3 is 0 Å². The van der Waals surface area contributed by atoms with Crippen molar-refractivity contribution < 1.29 is 9.13 Å². The number of hydrogen-bond donors (Lipinski definition) is 0. The normalized spacial score (nSPS) is 12.4. The Bertz CT molecular complexity index is 593. The third-order valence-corrected chi connectivity index (χ3v) is 4.26. The molecule has 1 atom stereocenters. The highest BCUT2D eigenvalue weighted by Gasteiger charge is 2.13. The van der Waals surface area contributed by atoms with E-state index in [0.29, 0.717) is 11.7 Å². The summed E-state index contributed by atoms with van der Waals surface area (Å²) in [6.07, 6.45) is 1.09. The zero-order valence-corrected chi connectivity index (χ0v) is 14.3. The summed E-state index contributed by atoms with van der Waals surface area (Å²) in [6.45, 7) is 9.86. The fourth-order valence-electron chi connectivity index (χ4n) is 2.68. The number of ether oxygens (including phenoxy) is 1. The summed E-state index contributed by atoms with van der Waals surface area (Å²) in [4.78, 5) is 2.43. The third kappa shape index (κ3) is 5.07. The first-order valence-corrected chi connectivity index (χ1v) is 8.38. The Labute approximate surface area is 138 Å². The SMILES string of the molecule is CCN(CC)CCC(C)c1ccccc1Oc1ccc(F)cc1. The summed E-state index contributed by atoms with van der Waals surface area (Å²) in [5.74, 6) is 1.67. The van der Waals surface area contributed by atoms with Crippen LogP contribution in [0.1, 0.15) is 38.7 Å². The molecule has 2 aromatic rings. The first-order chi connectivity index (χ1) is 11.1. The second-order valence-corrected chi connectivity index (χ2v) is 5.81. The Kier molecular flexibility index (Phi) is 6.60. The van der Waals surface area contributed by atoms with Crippen molar-refractivity contribution in [3.05, 3.63) is 59.9 Å². The van der Waals surface area contributed by atoms with Crippen LogP contribution in [0.5, 0.6) is 11.5 Å². The second kappa shape index (κ2) is 8.68. The molecule has 0 aliphatic heterocycles. The van der Waals surface area contributed by atoms with E-state index in [1.165, 1.54) is 17.7 Å². The van der Waals surface area contributed by atoms with E-state index in [9.17, 15) is 4.39 Å². The zero-order valence-electron chi connectivity index (χ0n) is 14.3. The summed E-state index contributed by atoms with van der Waals surface area (Å²) < 4.78 is 19.0. The van der Waals surface area contributed by atoms with E-state index < -0.39 is 0 Å². The van der Waals surface area contributed by atoms with Gasteiger partial charge in [0, 0.05) is 0 Å². The minimum atomic E-state index is -0.252. The fraction of sp³-hybridized carbons (Fsp3) is 0.400. The van der Waals surface area contributed by atoms with Crippen LogP contribution in [-0.2, 0) is 0 Å². The van der Waals surface area contributed by atoms with Crippen molar-refractivity contribution in [1.82, 2.24) is 4.90 Å². The van der Waals surface area contributed by atoms with Crippen molar-refractivity contribution in [1.29, 1.82) is 0 Å². The quantitative estimate of drug-likeness (QED) is 0.642. The minimum absolute atomic E-state index is 0.252. The summed E-state index contributed by atoms with van der Waals surface area (Å²) in [5, 5.41) is 0. The van der Waals surface area contributed by atoms with E-state index in [4.69, 9.17) is 4.74 Å². The van der Waals surface area contributed by atoms with Crippen molar-refractivity contribution in [3.63, 3.8) is 0 Å². The first kappa shape index (κ1) is 17.5. The molecule has 0 saturated heterocycles. The van der Waals surface area contributed by atoms with Crippen LogP contribution in [0.4, 0.5) is 4.39 Å². The molecular weight excluding hydrogens is 289 g/mol. The van der Waals surface area contributed by atoms with Crippen molar-refractivity contribution in [2.75, 3.05) is 19.6 Å². The van der Waals surface area contributed by atoms with Crippen LogP contribution >= 0.6 is 0 Å². The molecule has 0 fully saturated rings. The zero-order chi connectivity index (χ0) is 16.7. The Morgan fingerprint density at radius 3 is 2.30 bits per heavy atom. The van der Waals surface area contributed by atoms with E-state index in [2.05, 4.69) is 31.7 Å². The van der Waals surface area contributed by atoms with Gasteiger partial charge in [0.1, 0.15) is 17.3 Å². The minimum Gasteiger partial charge on any atom is -0.457 e. The highest BCUT2D eigenvalue weighted by molar-refractivity contribution is 5.39. The monoisotopic (exact) mass is 315 g/mol. The standard InChI is InChI=1S/C20H26FNO/c1-4-22(5-2)15-14-16(3)19-8-6-7-9-20(19)23-18-12-10-17(21)11-13-18/h6-13,16H,4-5,14-15H2,1-3H3. The van der Waals surface area contributed by atoms with Gasteiger partial charge in [-0.1, -0.05) is 39.0 Å². The van der Waals surface area contributed by atoms with Gasteiger partial charge in [0.15, 0.2) is 0 Å². The molecule has 1 unspecified atom stereocenters. The van der Waals surface area contributed by atoms with Crippen LogP contribution in [-0.4, -0.2) is 24.5 Å². The number of benzene rings is 2. The second-order valence-electron chi connectivity index (χ2n) is 5.81. The van der Waals surface area contributed by atoms with Crippen molar-refractivity contribution in [2.24, 2.45) is 0 Å². The predicted molar refractivity (Wildman–Crippen MR) is 93.7 cm³/mol. The molecule has 2 aromatic carbocycles. The van der Waals surface area contributed by atoms with Crippen molar-refractivity contribution >= 4 is 0 Å². The van der Waals surface area contributed by atoms with E-state index in [-0.39, 0.29) is 5.82 Å². The van der Waals surface area contributed by atoms with Crippen LogP contribution in [0.3, 0.4) is 0 Å². The first-order valence-electron chi connectivity index (χ1n) is 8.38. The summed E-state index contributed by atoms with van der Waals surface area (Å²) in [6, 6.07) is 14.3. The molecule has 0 radical (unpaired) electrons. The molecule has 0 saturated carbocycles. The van der Waals surface area contributed by atoms with E-state index in [1.807, 2.05) is 18.2 Å².